The van der Waals surface area contributed by atoms with Crippen LogP contribution in [0, 0.1) is 0 Å². The molecule has 0 aromatic heterocycles. The lowest BCUT2D eigenvalue weighted by molar-refractivity contribution is -0.0141. The molecule has 1 aromatic carbocycles. The summed E-state index contributed by atoms with van der Waals surface area (Å²) in [7, 11) is 0. The Hall–Kier alpha value is -1.46. The topological polar surface area (TPSA) is 57.1 Å². The van der Waals surface area contributed by atoms with Gasteiger partial charge in [-0.2, -0.15) is 0 Å². The number of carbonyl (C=O) groups excluding carboxylic acids is 1. The number of carbonyl (C=O) groups is 1. The molecule has 1 aliphatic heterocycles. The van der Waals surface area contributed by atoms with Crippen molar-refractivity contribution in [2.45, 2.75) is 25.6 Å². The molecule has 0 fully saturated rings. The molecule has 0 aliphatic carbocycles. The molecule has 1 aliphatic rings. The molecule has 2 atom stereocenters. The van der Waals surface area contributed by atoms with Gasteiger partial charge in [0.05, 0.1) is 12.8 Å². The Kier molecular flexibility index (Phi) is 5.09. The van der Waals surface area contributed by atoms with Gasteiger partial charge >= 0.3 is 6.16 Å². The Bertz CT molecular complexity index is 521. The highest BCUT2D eigenvalue weighted by atomic mass is 35.5. The van der Waals surface area contributed by atoms with E-state index in [-0.39, 0.29) is 6.61 Å². The SMILES string of the molecule is CCOC(=O)OC1C=NOC1Cc1ccc(Cl)cc1Cl. The summed E-state index contributed by atoms with van der Waals surface area (Å²) in [4.78, 5) is 16.5. The summed E-state index contributed by atoms with van der Waals surface area (Å²) in [5, 5.41) is 4.76. The number of rotatable bonds is 4. The lowest BCUT2D eigenvalue weighted by Crippen LogP contribution is -2.31. The Morgan fingerprint density at radius 1 is 1.45 bits per heavy atom. The first kappa shape index (κ1) is 14.9. The van der Waals surface area contributed by atoms with Crippen LogP contribution in [0.4, 0.5) is 4.79 Å². The number of hydrogen-bond acceptors (Lipinski definition) is 5. The minimum Gasteiger partial charge on any atom is -0.435 e. The highest BCUT2D eigenvalue weighted by Crippen LogP contribution is 2.25. The zero-order valence-electron chi connectivity index (χ0n) is 10.7. The number of nitrogens with zero attached hydrogens (tertiary/aromatic N) is 1. The Labute approximate surface area is 126 Å². The fourth-order valence-corrected chi connectivity index (χ4v) is 2.24. The molecule has 20 heavy (non-hydrogen) atoms. The van der Waals surface area contributed by atoms with Crippen molar-refractivity contribution in [3.63, 3.8) is 0 Å². The Morgan fingerprint density at radius 2 is 2.25 bits per heavy atom. The molecule has 5 nitrogen and oxygen atoms in total. The Morgan fingerprint density at radius 3 is 2.95 bits per heavy atom. The summed E-state index contributed by atoms with van der Waals surface area (Å²) in [6.07, 6.45) is 0.0893. The van der Waals surface area contributed by atoms with Crippen LogP contribution in [0.3, 0.4) is 0 Å². The molecule has 2 rings (SSSR count). The van der Waals surface area contributed by atoms with E-state index in [9.17, 15) is 4.79 Å². The zero-order valence-corrected chi connectivity index (χ0v) is 12.2. The van der Waals surface area contributed by atoms with Crippen molar-refractivity contribution in [3.8, 4) is 0 Å². The van der Waals surface area contributed by atoms with E-state index in [1.807, 2.05) is 0 Å². The third-order valence-corrected chi connectivity index (χ3v) is 3.29. The maximum absolute atomic E-state index is 11.3. The largest absolute Gasteiger partial charge is 0.509 e. The van der Waals surface area contributed by atoms with E-state index in [1.54, 1.807) is 25.1 Å². The molecule has 0 radical (unpaired) electrons. The van der Waals surface area contributed by atoms with E-state index >= 15 is 0 Å². The second kappa shape index (κ2) is 6.81. The molecular weight excluding hydrogens is 305 g/mol. The summed E-state index contributed by atoms with van der Waals surface area (Å²) < 4.78 is 9.82. The van der Waals surface area contributed by atoms with E-state index in [2.05, 4.69) is 5.16 Å². The van der Waals surface area contributed by atoms with E-state index in [1.165, 1.54) is 6.21 Å². The van der Waals surface area contributed by atoms with Crippen LogP contribution in [0.5, 0.6) is 0 Å². The summed E-state index contributed by atoms with van der Waals surface area (Å²) in [6.45, 7) is 1.95. The molecular formula is C13H13Cl2NO4. The van der Waals surface area contributed by atoms with Crippen molar-refractivity contribution in [1.29, 1.82) is 0 Å². The predicted octanol–water partition coefficient (Wildman–Crippen LogP) is 3.46. The molecule has 0 N–H and O–H groups in total. The molecule has 2 unspecified atom stereocenters. The molecule has 0 saturated carbocycles. The monoisotopic (exact) mass is 317 g/mol. The highest BCUT2D eigenvalue weighted by molar-refractivity contribution is 6.35. The zero-order chi connectivity index (χ0) is 14.5. The molecule has 0 spiro atoms. The van der Waals surface area contributed by atoms with Gasteiger partial charge in [0, 0.05) is 16.5 Å². The average molecular weight is 318 g/mol. The van der Waals surface area contributed by atoms with Gasteiger partial charge in [-0.1, -0.05) is 34.4 Å². The van der Waals surface area contributed by atoms with Gasteiger partial charge in [-0.05, 0) is 24.6 Å². The average Bonchev–Trinajstić information content (AvgIpc) is 2.80. The summed E-state index contributed by atoms with van der Waals surface area (Å²) in [5.74, 6) is 0. The van der Waals surface area contributed by atoms with Crippen LogP contribution < -0.4 is 0 Å². The van der Waals surface area contributed by atoms with Crippen molar-refractivity contribution < 1.29 is 19.1 Å². The smallest absolute Gasteiger partial charge is 0.435 e. The summed E-state index contributed by atoms with van der Waals surface area (Å²) in [6, 6.07) is 5.18. The second-order valence-corrected chi connectivity index (χ2v) is 4.95. The fraction of sp³-hybridized carbons (Fsp3) is 0.385. The van der Waals surface area contributed by atoms with Gasteiger partial charge in [0.2, 0.25) is 0 Å². The van der Waals surface area contributed by atoms with Gasteiger partial charge < -0.3 is 14.3 Å². The van der Waals surface area contributed by atoms with Crippen LogP contribution in [0.2, 0.25) is 10.0 Å². The van der Waals surface area contributed by atoms with Crippen LogP contribution in [0.15, 0.2) is 23.4 Å². The van der Waals surface area contributed by atoms with Crippen LogP contribution in [-0.4, -0.2) is 31.2 Å². The molecule has 1 aromatic rings. The quantitative estimate of drug-likeness (QED) is 0.798. The molecule has 0 saturated heterocycles. The van der Waals surface area contributed by atoms with E-state index in [0.717, 1.165) is 5.56 Å². The van der Waals surface area contributed by atoms with Crippen molar-refractivity contribution in [2.24, 2.45) is 5.16 Å². The van der Waals surface area contributed by atoms with Crippen molar-refractivity contribution in [3.05, 3.63) is 33.8 Å². The molecule has 108 valence electrons. The maximum atomic E-state index is 11.3. The first-order chi connectivity index (χ1) is 9.60. The third kappa shape index (κ3) is 3.77. The lowest BCUT2D eigenvalue weighted by atomic mass is 10.0. The minimum absolute atomic E-state index is 0.247. The van der Waals surface area contributed by atoms with Gasteiger partial charge in [0.15, 0.2) is 12.2 Å². The van der Waals surface area contributed by atoms with E-state index < -0.39 is 18.4 Å². The number of oxime groups is 1. The number of halogens is 2. The van der Waals surface area contributed by atoms with Gasteiger partial charge in [-0.15, -0.1) is 0 Å². The maximum Gasteiger partial charge on any atom is 0.509 e. The molecule has 0 amide bonds. The van der Waals surface area contributed by atoms with Gasteiger partial charge in [-0.25, -0.2) is 4.79 Å². The molecule has 7 heteroatoms. The molecule has 0 bridgehead atoms. The molecule has 1 heterocycles. The van der Waals surface area contributed by atoms with Crippen molar-refractivity contribution in [2.75, 3.05) is 6.61 Å². The number of hydrogen-bond donors (Lipinski definition) is 0. The highest BCUT2D eigenvalue weighted by Gasteiger charge is 2.31. The number of benzene rings is 1. The van der Waals surface area contributed by atoms with E-state index in [4.69, 9.17) is 37.5 Å². The van der Waals surface area contributed by atoms with E-state index in [0.29, 0.717) is 16.5 Å². The van der Waals surface area contributed by atoms with Gasteiger partial charge in [-0.3, -0.25) is 0 Å². The van der Waals surface area contributed by atoms with Crippen LogP contribution >= 0.6 is 23.2 Å². The number of ether oxygens (including phenoxy) is 2. The predicted molar refractivity (Wildman–Crippen MR) is 75.4 cm³/mol. The van der Waals surface area contributed by atoms with Gasteiger partial charge in [0.1, 0.15) is 0 Å². The van der Waals surface area contributed by atoms with Crippen molar-refractivity contribution in [1.82, 2.24) is 0 Å². The summed E-state index contributed by atoms with van der Waals surface area (Å²) >= 11 is 11.9. The standard InChI is InChI=1S/C13H13Cl2NO4/c1-2-18-13(17)19-12-7-16-20-11(12)5-8-3-4-9(14)6-10(8)15/h3-4,6-7,11-12H,2,5H2,1H3. The first-order valence-corrected chi connectivity index (χ1v) is 6.82. The van der Waals surface area contributed by atoms with Crippen molar-refractivity contribution >= 4 is 35.6 Å². The minimum atomic E-state index is -0.748. The lowest BCUT2D eigenvalue weighted by Gasteiger charge is -2.17. The fourth-order valence-electron chi connectivity index (χ4n) is 1.76. The normalized spacial score (nSPS) is 20.6. The first-order valence-electron chi connectivity index (χ1n) is 6.06. The third-order valence-electron chi connectivity index (χ3n) is 2.70. The second-order valence-electron chi connectivity index (χ2n) is 4.10. The van der Waals surface area contributed by atoms with Crippen LogP contribution in [-0.2, 0) is 20.7 Å². The van der Waals surface area contributed by atoms with Crippen LogP contribution in [0.1, 0.15) is 12.5 Å². The Balaban J connectivity index is 1.99. The van der Waals surface area contributed by atoms with Gasteiger partial charge in [0.25, 0.3) is 0 Å². The van der Waals surface area contributed by atoms with Crippen LogP contribution in [0.25, 0.3) is 0 Å². The summed E-state index contributed by atoms with van der Waals surface area (Å²) in [5.41, 5.74) is 0.837.